The van der Waals surface area contributed by atoms with Crippen LogP contribution in [0.25, 0.3) is 0 Å². The van der Waals surface area contributed by atoms with E-state index in [0.717, 1.165) is 0 Å². The molecule has 0 aromatic carbocycles. The number of alkyl halides is 2. The summed E-state index contributed by atoms with van der Waals surface area (Å²) >= 11 is 0. The van der Waals surface area contributed by atoms with Crippen molar-refractivity contribution in [3.63, 3.8) is 0 Å². The van der Waals surface area contributed by atoms with Gasteiger partial charge in [-0.3, -0.25) is 4.79 Å². The molecule has 0 aliphatic carbocycles. The average Bonchev–Trinajstić information content (AvgIpc) is 2.04. The fraction of sp³-hybridized carbons (Fsp3) is 0.286. The molecule has 0 unspecified atom stereocenters. The summed E-state index contributed by atoms with van der Waals surface area (Å²) in [4.78, 5) is 12.7. The molecule has 0 saturated carbocycles. The predicted molar refractivity (Wildman–Crippen MR) is 37.9 cm³/mol. The highest BCUT2D eigenvalue weighted by atomic mass is 19.3. The fourth-order valence-corrected chi connectivity index (χ4v) is 0.868. The van der Waals surface area contributed by atoms with Crippen LogP contribution in [0.15, 0.2) is 11.0 Å². The summed E-state index contributed by atoms with van der Waals surface area (Å²) in [5, 5.41) is 8.50. The Morgan fingerprint density at radius 3 is 2.62 bits per heavy atom. The predicted octanol–water partition coefficient (Wildman–Crippen LogP) is 0.944. The molecule has 1 aromatic heterocycles. The monoisotopic (exact) mass is 193 g/mol. The standard InChI is InChI=1S/C7H6F3NO2/c8-5-3(6(9)10)1-11-7(13)4(5)2-12/h1,6,12H,2H2,(H,11,13). The Balaban J connectivity index is 3.36. The number of aromatic nitrogens is 1. The van der Waals surface area contributed by atoms with Gasteiger partial charge in [0.25, 0.3) is 12.0 Å². The number of aliphatic hydroxyl groups is 1. The first kappa shape index (κ1) is 9.79. The molecule has 13 heavy (non-hydrogen) atoms. The van der Waals surface area contributed by atoms with Gasteiger partial charge >= 0.3 is 0 Å². The molecular weight excluding hydrogens is 187 g/mol. The summed E-state index contributed by atoms with van der Waals surface area (Å²) < 4.78 is 37.0. The van der Waals surface area contributed by atoms with Gasteiger partial charge in [0.2, 0.25) is 0 Å². The lowest BCUT2D eigenvalue weighted by atomic mass is 10.2. The maximum atomic E-state index is 12.9. The molecule has 2 N–H and O–H groups in total. The Labute approximate surface area is 70.8 Å². The van der Waals surface area contributed by atoms with E-state index in [1.165, 1.54) is 0 Å². The van der Waals surface area contributed by atoms with Gasteiger partial charge in [0.1, 0.15) is 5.82 Å². The quantitative estimate of drug-likeness (QED) is 0.734. The third kappa shape index (κ3) is 1.72. The number of hydrogen-bond donors (Lipinski definition) is 2. The van der Waals surface area contributed by atoms with E-state index in [0.29, 0.717) is 6.20 Å². The van der Waals surface area contributed by atoms with Gasteiger partial charge in [0, 0.05) is 6.20 Å². The lowest BCUT2D eigenvalue weighted by Crippen LogP contribution is -2.16. The smallest absolute Gasteiger partial charge is 0.268 e. The number of pyridine rings is 1. The van der Waals surface area contributed by atoms with Crippen molar-refractivity contribution in [3.8, 4) is 0 Å². The molecular formula is C7H6F3NO2. The largest absolute Gasteiger partial charge is 0.391 e. The molecule has 1 heterocycles. The van der Waals surface area contributed by atoms with E-state index in [4.69, 9.17) is 5.11 Å². The number of hydrogen-bond acceptors (Lipinski definition) is 2. The van der Waals surface area contributed by atoms with Crippen LogP contribution in [0.2, 0.25) is 0 Å². The number of aromatic amines is 1. The van der Waals surface area contributed by atoms with Crippen LogP contribution in [0.4, 0.5) is 13.2 Å². The molecule has 0 atom stereocenters. The first-order valence-electron chi connectivity index (χ1n) is 3.37. The molecule has 72 valence electrons. The lowest BCUT2D eigenvalue weighted by Gasteiger charge is -2.03. The minimum atomic E-state index is -3.01. The van der Waals surface area contributed by atoms with Crippen LogP contribution < -0.4 is 5.56 Å². The topological polar surface area (TPSA) is 53.1 Å². The number of H-pyrrole nitrogens is 1. The SMILES string of the molecule is O=c1[nH]cc(C(F)F)c(F)c1CO. The van der Waals surface area contributed by atoms with E-state index in [9.17, 15) is 18.0 Å². The van der Waals surface area contributed by atoms with Crippen molar-refractivity contribution in [2.45, 2.75) is 13.0 Å². The molecule has 6 heteroatoms. The molecule has 1 aromatic rings. The summed E-state index contributed by atoms with van der Waals surface area (Å²) in [6.45, 7) is -0.901. The summed E-state index contributed by atoms with van der Waals surface area (Å²) in [6.07, 6.45) is -2.41. The van der Waals surface area contributed by atoms with Gasteiger partial charge in [-0.15, -0.1) is 0 Å². The van der Waals surface area contributed by atoms with Gasteiger partial charge in [-0.25, -0.2) is 13.2 Å². The minimum absolute atomic E-state index is 0.599. The van der Waals surface area contributed by atoms with Gasteiger partial charge in [0.15, 0.2) is 0 Å². The highest BCUT2D eigenvalue weighted by molar-refractivity contribution is 5.21. The van der Waals surface area contributed by atoms with Crippen molar-refractivity contribution in [2.24, 2.45) is 0 Å². The normalized spacial score (nSPS) is 10.8. The van der Waals surface area contributed by atoms with E-state index in [2.05, 4.69) is 0 Å². The summed E-state index contributed by atoms with van der Waals surface area (Å²) in [5.41, 5.74) is -2.48. The summed E-state index contributed by atoms with van der Waals surface area (Å²) in [6, 6.07) is 0. The fourth-order valence-electron chi connectivity index (χ4n) is 0.868. The van der Waals surface area contributed by atoms with E-state index < -0.39 is 35.5 Å². The molecule has 0 spiro atoms. The van der Waals surface area contributed by atoms with Crippen LogP contribution >= 0.6 is 0 Å². The molecule has 0 saturated heterocycles. The van der Waals surface area contributed by atoms with Gasteiger partial charge < -0.3 is 10.1 Å². The Morgan fingerprint density at radius 2 is 2.15 bits per heavy atom. The molecule has 0 amide bonds. The molecule has 0 aliphatic heterocycles. The van der Waals surface area contributed by atoms with Crippen LogP contribution in [0.1, 0.15) is 17.6 Å². The second-order valence-electron chi connectivity index (χ2n) is 2.32. The van der Waals surface area contributed by atoms with E-state index >= 15 is 0 Å². The number of nitrogens with one attached hydrogen (secondary N) is 1. The molecule has 3 nitrogen and oxygen atoms in total. The van der Waals surface area contributed by atoms with Crippen molar-refractivity contribution < 1.29 is 18.3 Å². The third-order valence-electron chi connectivity index (χ3n) is 1.54. The molecule has 0 fully saturated rings. The zero-order valence-corrected chi connectivity index (χ0v) is 6.35. The van der Waals surface area contributed by atoms with Gasteiger partial charge in [-0.05, 0) is 0 Å². The second kappa shape index (κ2) is 3.61. The molecule has 0 radical (unpaired) electrons. The Hall–Kier alpha value is -1.30. The van der Waals surface area contributed by atoms with Crippen LogP contribution in [0.5, 0.6) is 0 Å². The first-order valence-corrected chi connectivity index (χ1v) is 3.37. The second-order valence-corrected chi connectivity index (χ2v) is 2.32. The average molecular weight is 193 g/mol. The molecule has 0 aliphatic rings. The zero-order chi connectivity index (χ0) is 10.0. The highest BCUT2D eigenvalue weighted by Crippen LogP contribution is 2.21. The van der Waals surface area contributed by atoms with Crippen LogP contribution in [0.3, 0.4) is 0 Å². The highest BCUT2D eigenvalue weighted by Gasteiger charge is 2.18. The van der Waals surface area contributed by atoms with E-state index in [-0.39, 0.29) is 0 Å². The molecule has 1 rings (SSSR count). The van der Waals surface area contributed by atoms with Crippen LogP contribution in [-0.2, 0) is 6.61 Å². The Morgan fingerprint density at radius 1 is 1.54 bits per heavy atom. The van der Waals surface area contributed by atoms with E-state index in [1.807, 2.05) is 4.98 Å². The maximum Gasteiger partial charge on any atom is 0.268 e. The van der Waals surface area contributed by atoms with Crippen LogP contribution in [-0.4, -0.2) is 10.1 Å². The van der Waals surface area contributed by atoms with E-state index in [1.54, 1.807) is 0 Å². The first-order chi connectivity index (χ1) is 6.07. The lowest BCUT2D eigenvalue weighted by molar-refractivity contribution is 0.144. The maximum absolute atomic E-state index is 12.9. The Kier molecular flexibility index (Phi) is 2.72. The van der Waals surface area contributed by atoms with Gasteiger partial charge in [-0.2, -0.15) is 0 Å². The number of aliphatic hydroxyl groups excluding tert-OH is 1. The van der Waals surface area contributed by atoms with Crippen molar-refractivity contribution >= 4 is 0 Å². The minimum Gasteiger partial charge on any atom is -0.391 e. The zero-order valence-electron chi connectivity index (χ0n) is 6.35. The summed E-state index contributed by atoms with van der Waals surface area (Å²) in [7, 11) is 0. The third-order valence-corrected chi connectivity index (χ3v) is 1.54. The Bertz CT molecular complexity index is 361. The summed E-state index contributed by atoms with van der Waals surface area (Å²) in [5.74, 6) is -1.35. The van der Waals surface area contributed by atoms with Gasteiger partial charge in [0.05, 0.1) is 17.7 Å². The van der Waals surface area contributed by atoms with Gasteiger partial charge in [-0.1, -0.05) is 0 Å². The van der Waals surface area contributed by atoms with Crippen molar-refractivity contribution in [1.29, 1.82) is 0 Å². The van der Waals surface area contributed by atoms with Crippen molar-refractivity contribution in [2.75, 3.05) is 0 Å². The molecule has 0 bridgehead atoms. The number of halogens is 3. The van der Waals surface area contributed by atoms with Crippen molar-refractivity contribution in [3.05, 3.63) is 33.5 Å². The van der Waals surface area contributed by atoms with Crippen LogP contribution in [0, 0.1) is 5.82 Å². The number of rotatable bonds is 2. The van der Waals surface area contributed by atoms with Crippen molar-refractivity contribution in [1.82, 2.24) is 4.98 Å².